The molecular weight excluding hydrogens is 334 g/mol. The van der Waals surface area contributed by atoms with Gasteiger partial charge in [-0.25, -0.2) is 0 Å². The van der Waals surface area contributed by atoms with Gasteiger partial charge in [0.1, 0.15) is 0 Å². The summed E-state index contributed by atoms with van der Waals surface area (Å²) in [4.78, 5) is 25.8. The molecule has 1 atom stereocenters. The molecule has 1 aromatic carbocycles. The maximum Gasteiger partial charge on any atom is 0.234 e. The topological polar surface area (TPSA) is 79.9 Å². The van der Waals surface area contributed by atoms with E-state index in [9.17, 15) is 9.59 Å². The first-order chi connectivity index (χ1) is 12.5. The van der Waals surface area contributed by atoms with Crippen LogP contribution in [0, 0.1) is 5.92 Å². The van der Waals surface area contributed by atoms with Crippen molar-refractivity contribution >= 4 is 11.8 Å². The van der Waals surface area contributed by atoms with Gasteiger partial charge in [0.05, 0.1) is 32.3 Å². The van der Waals surface area contributed by atoms with Crippen LogP contribution in [0.3, 0.4) is 0 Å². The Balaban J connectivity index is 1.68. The van der Waals surface area contributed by atoms with E-state index in [1.807, 2.05) is 23.1 Å². The maximum absolute atomic E-state index is 12.5. The fourth-order valence-corrected chi connectivity index (χ4v) is 3.26. The van der Waals surface area contributed by atoms with Gasteiger partial charge in [-0.1, -0.05) is 19.9 Å². The fourth-order valence-electron chi connectivity index (χ4n) is 3.26. The molecule has 0 bridgehead atoms. The number of ether oxygens (including phenoxy) is 2. The zero-order valence-corrected chi connectivity index (χ0v) is 15.4. The molecule has 7 nitrogen and oxygen atoms in total. The van der Waals surface area contributed by atoms with Gasteiger partial charge in [-0.2, -0.15) is 0 Å². The Labute approximate surface area is 154 Å². The monoisotopic (exact) mass is 361 g/mol. The second-order valence-corrected chi connectivity index (χ2v) is 7.11. The smallest absolute Gasteiger partial charge is 0.234 e. The van der Waals surface area contributed by atoms with Gasteiger partial charge in [0.2, 0.25) is 11.8 Å². The summed E-state index contributed by atoms with van der Waals surface area (Å²) in [7, 11) is 0. The fraction of sp³-hybridized carbons (Fsp3) is 0.579. The number of nitrogens with zero attached hydrogens (tertiary/aromatic N) is 1. The van der Waals surface area contributed by atoms with E-state index in [0.717, 1.165) is 23.5 Å². The van der Waals surface area contributed by atoms with Crippen LogP contribution in [0.5, 0.6) is 11.5 Å². The van der Waals surface area contributed by atoms with E-state index >= 15 is 0 Å². The molecule has 2 heterocycles. The third-order valence-corrected chi connectivity index (χ3v) is 4.60. The minimum atomic E-state index is -0.127. The highest BCUT2D eigenvalue weighted by molar-refractivity contribution is 5.82. The lowest BCUT2D eigenvalue weighted by Gasteiger charge is -2.28. The van der Waals surface area contributed by atoms with E-state index in [2.05, 4.69) is 24.5 Å². The number of amides is 2. The van der Waals surface area contributed by atoms with Crippen LogP contribution < -0.4 is 20.1 Å². The van der Waals surface area contributed by atoms with E-state index in [-0.39, 0.29) is 36.9 Å². The van der Waals surface area contributed by atoms with Crippen LogP contribution in [0.15, 0.2) is 18.2 Å². The van der Waals surface area contributed by atoms with E-state index < -0.39 is 0 Å². The summed E-state index contributed by atoms with van der Waals surface area (Å²) in [6, 6.07) is 5.72. The SMILES string of the molecule is CC(C)[C@H](NC(=O)CN1CCNC(=O)C1)c1ccc2c(c1)OCCCO2. The van der Waals surface area contributed by atoms with Crippen molar-refractivity contribution in [3.05, 3.63) is 23.8 Å². The van der Waals surface area contributed by atoms with E-state index in [0.29, 0.717) is 26.3 Å². The van der Waals surface area contributed by atoms with E-state index in [4.69, 9.17) is 9.47 Å². The molecule has 0 saturated carbocycles. The first-order valence-corrected chi connectivity index (χ1v) is 9.21. The number of fused-ring (bicyclic) bond motifs is 1. The largest absolute Gasteiger partial charge is 0.490 e. The number of carbonyl (C=O) groups is 2. The van der Waals surface area contributed by atoms with Crippen molar-refractivity contribution in [2.24, 2.45) is 5.92 Å². The number of benzene rings is 1. The Kier molecular flexibility index (Phi) is 5.98. The average Bonchev–Trinajstić information content (AvgIpc) is 2.84. The van der Waals surface area contributed by atoms with Gasteiger partial charge in [-0.05, 0) is 23.6 Å². The van der Waals surface area contributed by atoms with E-state index in [1.54, 1.807) is 0 Å². The zero-order chi connectivity index (χ0) is 18.5. The molecule has 1 fully saturated rings. The summed E-state index contributed by atoms with van der Waals surface area (Å²) < 4.78 is 11.4. The van der Waals surface area contributed by atoms with Crippen LogP contribution in [-0.2, 0) is 9.59 Å². The third kappa shape index (κ3) is 4.66. The summed E-state index contributed by atoms with van der Waals surface area (Å²) in [5, 5.41) is 5.87. The van der Waals surface area contributed by atoms with Crippen LogP contribution in [0.25, 0.3) is 0 Å². The molecule has 0 spiro atoms. The Hall–Kier alpha value is -2.28. The molecule has 26 heavy (non-hydrogen) atoms. The molecule has 2 aliphatic heterocycles. The van der Waals surface area contributed by atoms with Gasteiger partial charge in [0.25, 0.3) is 0 Å². The summed E-state index contributed by atoms with van der Waals surface area (Å²) in [5.41, 5.74) is 0.994. The summed E-state index contributed by atoms with van der Waals surface area (Å²) >= 11 is 0. The van der Waals surface area contributed by atoms with Gasteiger partial charge < -0.3 is 20.1 Å². The Bertz CT molecular complexity index is 662. The Morgan fingerprint density at radius 1 is 1.27 bits per heavy atom. The molecule has 3 rings (SSSR count). The van der Waals surface area contributed by atoms with Crippen LogP contribution in [-0.4, -0.2) is 56.1 Å². The third-order valence-electron chi connectivity index (χ3n) is 4.60. The van der Waals surface area contributed by atoms with Gasteiger partial charge in [0, 0.05) is 19.5 Å². The maximum atomic E-state index is 12.5. The first-order valence-electron chi connectivity index (χ1n) is 9.21. The van der Waals surface area contributed by atoms with Crippen molar-refractivity contribution in [3.8, 4) is 11.5 Å². The second-order valence-electron chi connectivity index (χ2n) is 7.11. The summed E-state index contributed by atoms with van der Waals surface area (Å²) in [5.74, 6) is 1.58. The van der Waals surface area contributed by atoms with Gasteiger partial charge >= 0.3 is 0 Å². The standard InChI is InChI=1S/C19H27N3O4/c1-13(2)19(21-18(24)12-22-7-6-20-17(23)11-22)14-4-5-15-16(10-14)26-9-3-8-25-15/h4-5,10,13,19H,3,6-9,11-12H2,1-2H3,(H,20,23)(H,21,24)/t19-/m0/s1. The quantitative estimate of drug-likeness (QED) is 0.821. The molecule has 0 aliphatic carbocycles. The number of piperazine rings is 1. The van der Waals surface area contributed by atoms with Crippen LogP contribution in [0.1, 0.15) is 31.9 Å². The summed E-state index contributed by atoms with van der Waals surface area (Å²) in [6.07, 6.45) is 0.859. The van der Waals surface area contributed by atoms with Gasteiger partial charge in [-0.3, -0.25) is 14.5 Å². The zero-order valence-electron chi connectivity index (χ0n) is 15.4. The normalized spacial score (nSPS) is 18.8. The van der Waals surface area contributed by atoms with Crippen molar-refractivity contribution < 1.29 is 19.1 Å². The lowest BCUT2D eigenvalue weighted by molar-refractivity contribution is -0.127. The predicted molar refractivity (Wildman–Crippen MR) is 97.2 cm³/mol. The van der Waals surface area contributed by atoms with Crippen molar-refractivity contribution in [1.29, 1.82) is 0 Å². The lowest BCUT2D eigenvalue weighted by Crippen LogP contribution is -2.51. The molecule has 1 aromatic rings. The van der Waals surface area contributed by atoms with Gasteiger partial charge in [-0.15, -0.1) is 0 Å². The number of nitrogens with one attached hydrogen (secondary N) is 2. The van der Waals surface area contributed by atoms with Crippen LogP contribution in [0.2, 0.25) is 0 Å². The van der Waals surface area contributed by atoms with E-state index in [1.165, 1.54) is 0 Å². The lowest BCUT2D eigenvalue weighted by atomic mass is 9.95. The molecule has 0 radical (unpaired) electrons. The Morgan fingerprint density at radius 2 is 2.04 bits per heavy atom. The highest BCUT2D eigenvalue weighted by atomic mass is 16.5. The highest BCUT2D eigenvalue weighted by Crippen LogP contribution is 2.34. The molecular formula is C19H27N3O4. The molecule has 2 aliphatic rings. The predicted octanol–water partition coefficient (Wildman–Crippen LogP) is 1.09. The molecule has 0 unspecified atom stereocenters. The average molecular weight is 361 g/mol. The highest BCUT2D eigenvalue weighted by Gasteiger charge is 2.23. The minimum Gasteiger partial charge on any atom is -0.490 e. The minimum absolute atomic E-state index is 0.0349. The molecule has 1 saturated heterocycles. The van der Waals surface area contributed by atoms with Crippen LogP contribution in [0.4, 0.5) is 0 Å². The number of rotatable bonds is 5. The van der Waals surface area contributed by atoms with Crippen molar-refractivity contribution in [1.82, 2.24) is 15.5 Å². The number of hydrogen-bond acceptors (Lipinski definition) is 5. The van der Waals surface area contributed by atoms with Crippen LogP contribution >= 0.6 is 0 Å². The number of carbonyl (C=O) groups excluding carboxylic acids is 2. The molecule has 7 heteroatoms. The number of hydrogen-bond donors (Lipinski definition) is 2. The molecule has 142 valence electrons. The first kappa shape index (κ1) is 18.5. The van der Waals surface area contributed by atoms with Gasteiger partial charge in [0.15, 0.2) is 11.5 Å². The van der Waals surface area contributed by atoms with Crippen molar-refractivity contribution in [2.45, 2.75) is 26.3 Å². The van der Waals surface area contributed by atoms with Crippen molar-refractivity contribution in [2.75, 3.05) is 39.4 Å². The molecule has 0 aromatic heterocycles. The molecule has 2 N–H and O–H groups in total. The second kappa shape index (κ2) is 8.40. The molecule has 2 amide bonds. The van der Waals surface area contributed by atoms with Crippen molar-refractivity contribution in [3.63, 3.8) is 0 Å². The Morgan fingerprint density at radius 3 is 2.77 bits per heavy atom. The summed E-state index contributed by atoms with van der Waals surface area (Å²) in [6.45, 7) is 7.19.